The highest BCUT2D eigenvalue weighted by atomic mass is 16.5. The number of hydrogen-bond acceptors (Lipinski definition) is 2. The Hall–Kier alpha value is -0.160. The summed E-state index contributed by atoms with van der Waals surface area (Å²) < 4.78 is 13.3. The topological polar surface area (TPSA) is 18.5 Å². The highest BCUT2D eigenvalue weighted by molar-refractivity contribution is 4.51. The van der Waals surface area contributed by atoms with Crippen molar-refractivity contribution in [2.45, 2.75) is 13.8 Å². The first-order valence-corrected chi connectivity index (χ1v) is 7.36. The molecule has 1 fully saturated rings. The maximum atomic E-state index is 5.49. The van der Waals surface area contributed by atoms with E-state index in [2.05, 4.69) is 27.9 Å². The average molecular weight is 260 g/mol. The van der Waals surface area contributed by atoms with E-state index in [1.54, 1.807) is 0 Å². The molecule has 0 bridgehead atoms. The molecule has 1 aliphatic heterocycles. The van der Waals surface area contributed by atoms with Crippen molar-refractivity contribution in [2.24, 2.45) is 0 Å². The number of piperazine rings is 1. The highest BCUT2D eigenvalue weighted by Crippen LogP contribution is 2.15. The Labute approximate surface area is 113 Å². The number of likely N-dealkylation sites (N-methyl/N-ethyl adjacent to an activating group) is 2. The molecule has 0 spiro atoms. The Balaban J connectivity index is 2.29. The molecule has 0 saturated carbocycles. The molecule has 0 aromatic carbocycles. The van der Waals surface area contributed by atoms with Crippen molar-refractivity contribution in [1.82, 2.24) is 0 Å². The van der Waals surface area contributed by atoms with E-state index in [0.29, 0.717) is 0 Å². The molecule has 4 heteroatoms. The second-order valence-electron chi connectivity index (χ2n) is 5.97. The minimum absolute atomic E-state index is 0.835. The monoisotopic (exact) mass is 260 g/mol. The predicted molar refractivity (Wildman–Crippen MR) is 74.6 cm³/mol. The van der Waals surface area contributed by atoms with Crippen LogP contribution in [0.15, 0.2) is 0 Å². The maximum Gasteiger partial charge on any atom is 0.129 e. The molecule has 0 atom stereocenters. The third kappa shape index (κ3) is 5.22. The number of quaternary nitrogens is 2. The van der Waals surface area contributed by atoms with Crippen LogP contribution in [0.5, 0.6) is 0 Å². The molecule has 18 heavy (non-hydrogen) atoms. The van der Waals surface area contributed by atoms with Crippen LogP contribution in [0.4, 0.5) is 0 Å². The summed E-state index contributed by atoms with van der Waals surface area (Å²) in [6, 6.07) is 0. The fraction of sp³-hybridized carbons (Fsp3) is 1.00. The van der Waals surface area contributed by atoms with Gasteiger partial charge in [0.05, 0.1) is 27.3 Å². The van der Waals surface area contributed by atoms with Crippen LogP contribution in [0.3, 0.4) is 0 Å². The lowest BCUT2D eigenvalue weighted by Gasteiger charge is -2.46. The summed E-state index contributed by atoms with van der Waals surface area (Å²) >= 11 is 0. The van der Waals surface area contributed by atoms with Crippen LogP contribution in [-0.4, -0.2) is 88.8 Å². The molecule has 108 valence electrons. The van der Waals surface area contributed by atoms with Gasteiger partial charge in [0.15, 0.2) is 0 Å². The van der Waals surface area contributed by atoms with Crippen molar-refractivity contribution in [1.29, 1.82) is 0 Å². The second kappa shape index (κ2) is 7.43. The summed E-state index contributed by atoms with van der Waals surface area (Å²) in [6.45, 7) is 14.9. The van der Waals surface area contributed by atoms with Gasteiger partial charge in [0, 0.05) is 13.2 Å². The summed E-state index contributed by atoms with van der Waals surface area (Å²) in [5.74, 6) is 0. The second-order valence-corrected chi connectivity index (χ2v) is 5.97. The van der Waals surface area contributed by atoms with Gasteiger partial charge in [-0.25, -0.2) is 0 Å². The number of nitrogens with zero attached hydrogens (tertiary/aromatic N) is 2. The van der Waals surface area contributed by atoms with Gasteiger partial charge >= 0.3 is 0 Å². The zero-order valence-electron chi connectivity index (χ0n) is 12.8. The summed E-state index contributed by atoms with van der Waals surface area (Å²) in [5.41, 5.74) is 0. The van der Waals surface area contributed by atoms with Crippen LogP contribution in [0.1, 0.15) is 13.8 Å². The normalized spacial score (nSPS) is 32.7. The predicted octanol–water partition coefficient (Wildman–Crippen LogP) is 0.966. The Kier molecular flexibility index (Phi) is 6.57. The SMILES string of the molecule is CCOCC[N+]1(C)CC[N+](C)(CCOCC)CC1. The lowest BCUT2D eigenvalue weighted by Crippen LogP contribution is -2.65. The van der Waals surface area contributed by atoms with E-state index in [-0.39, 0.29) is 0 Å². The van der Waals surface area contributed by atoms with Gasteiger partial charge in [-0.15, -0.1) is 0 Å². The number of hydrogen-bond donors (Lipinski definition) is 0. The van der Waals surface area contributed by atoms with Gasteiger partial charge in [0.2, 0.25) is 0 Å². The molecule has 0 unspecified atom stereocenters. The Bertz CT molecular complexity index is 202. The van der Waals surface area contributed by atoms with Gasteiger partial charge in [-0.1, -0.05) is 0 Å². The molecule has 1 heterocycles. The fourth-order valence-electron chi connectivity index (χ4n) is 2.50. The molecule has 1 rings (SSSR count). The Morgan fingerprint density at radius 2 is 1.06 bits per heavy atom. The average Bonchev–Trinajstić information content (AvgIpc) is 2.35. The first kappa shape index (κ1) is 15.9. The quantitative estimate of drug-likeness (QED) is 0.478. The van der Waals surface area contributed by atoms with E-state index < -0.39 is 0 Å². The van der Waals surface area contributed by atoms with Gasteiger partial charge in [-0.2, -0.15) is 0 Å². The molecule has 4 nitrogen and oxygen atoms in total. The van der Waals surface area contributed by atoms with E-state index in [1.165, 1.54) is 35.1 Å². The summed E-state index contributed by atoms with van der Waals surface area (Å²) in [4.78, 5) is 0. The first-order chi connectivity index (χ1) is 8.54. The molecule has 0 radical (unpaired) electrons. The zero-order chi connectivity index (χ0) is 13.5. The molecule has 1 saturated heterocycles. The summed E-state index contributed by atoms with van der Waals surface area (Å²) in [6.07, 6.45) is 0. The van der Waals surface area contributed by atoms with Crippen molar-refractivity contribution in [3.8, 4) is 0 Å². The molecule has 0 N–H and O–H groups in total. The Morgan fingerprint density at radius 1 is 0.722 bits per heavy atom. The largest absolute Gasteiger partial charge is 0.376 e. The van der Waals surface area contributed by atoms with Crippen molar-refractivity contribution >= 4 is 0 Å². The van der Waals surface area contributed by atoms with Crippen LogP contribution < -0.4 is 0 Å². The minimum atomic E-state index is 0.835. The van der Waals surface area contributed by atoms with Crippen molar-refractivity contribution in [2.75, 3.05) is 79.8 Å². The van der Waals surface area contributed by atoms with Gasteiger partial charge in [0.25, 0.3) is 0 Å². The molecule has 0 amide bonds. The molecule has 0 aromatic heterocycles. The molecule has 0 aliphatic carbocycles. The highest BCUT2D eigenvalue weighted by Gasteiger charge is 2.36. The van der Waals surface area contributed by atoms with Crippen molar-refractivity contribution in [3.05, 3.63) is 0 Å². The zero-order valence-corrected chi connectivity index (χ0v) is 12.8. The first-order valence-electron chi connectivity index (χ1n) is 7.36. The van der Waals surface area contributed by atoms with Gasteiger partial charge in [0.1, 0.15) is 39.3 Å². The smallest absolute Gasteiger partial charge is 0.129 e. The van der Waals surface area contributed by atoms with Crippen LogP contribution in [0, 0.1) is 0 Å². The van der Waals surface area contributed by atoms with Gasteiger partial charge < -0.3 is 18.4 Å². The van der Waals surface area contributed by atoms with Crippen LogP contribution >= 0.6 is 0 Å². The van der Waals surface area contributed by atoms with Gasteiger partial charge in [-0.3, -0.25) is 0 Å². The lowest BCUT2D eigenvalue weighted by atomic mass is 10.2. The number of ether oxygens (including phenoxy) is 2. The Morgan fingerprint density at radius 3 is 1.33 bits per heavy atom. The molecule has 0 aromatic rings. The van der Waals surface area contributed by atoms with Gasteiger partial charge in [-0.05, 0) is 13.8 Å². The summed E-state index contributed by atoms with van der Waals surface area (Å²) in [7, 11) is 4.73. The third-order valence-corrected chi connectivity index (χ3v) is 4.32. The van der Waals surface area contributed by atoms with E-state index >= 15 is 0 Å². The van der Waals surface area contributed by atoms with E-state index in [1.807, 2.05) is 0 Å². The minimum Gasteiger partial charge on any atom is -0.376 e. The number of rotatable bonds is 8. The molecular weight excluding hydrogens is 228 g/mol. The van der Waals surface area contributed by atoms with Crippen molar-refractivity contribution < 1.29 is 18.4 Å². The van der Waals surface area contributed by atoms with Crippen LogP contribution in [-0.2, 0) is 9.47 Å². The van der Waals surface area contributed by atoms with Crippen LogP contribution in [0.25, 0.3) is 0 Å². The van der Waals surface area contributed by atoms with E-state index in [9.17, 15) is 0 Å². The molecular formula is C14H32N2O2+2. The maximum absolute atomic E-state index is 5.49. The molecule has 1 aliphatic rings. The van der Waals surface area contributed by atoms with Crippen molar-refractivity contribution in [3.63, 3.8) is 0 Å². The lowest BCUT2D eigenvalue weighted by molar-refractivity contribution is -1.02. The van der Waals surface area contributed by atoms with E-state index in [4.69, 9.17) is 9.47 Å². The summed E-state index contributed by atoms with van der Waals surface area (Å²) in [5, 5.41) is 0. The fourth-order valence-corrected chi connectivity index (χ4v) is 2.50. The standard InChI is InChI=1S/C14H32N2O2/c1-5-17-13-11-15(3)7-9-16(4,10-8-15)12-14-18-6-2/h5-14H2,1-4H3/q+2. The van der Waals surface area contributed by atoms with E-state index in [0.717, 1.165) is 39.5 Å². The van der Waals surface area contributed by atoms with Crippen LogP contribution in [0.2, 0.25) is 0 Å². The third-order valence-electron chi connectivity index (χ3n) is 4.32.